The number of aromatic nitrogens is 2. The maximum absolute atomic E-state index is 11.3. The second kappa shape index (κ2) is 5.81. The summed E-state index contributed by atoms with van der Waals surface area (Å²) in [7, 11) is 3.22. The first-order chi connectivity index (χ1) is 11.0. The van der Waals surface area contributed by atoms with Gasteiger partial charge in [0, 0.05) is 18.8 Å². The van der Waals surface area contributed by atoms with Gasteiger partial charge in [-0.2, -0.15) is 0 Å². The molecule has 0 unspecified atom stereocenters. The minimum absolute atomic E-state index is 0.0678. The van der Waals surface area contributed by atoms with E-state index in [0.29, 0.717) is 27.5 Å². The lowest BCUT2D eigenvalue weighted by Gasteiger charge is -2.09. The van der Waals surface area contributed by atoms with E-state index in [-0.39, 0.29) is 5.82 Å². The fraction of sp³-hybridized carbons (Fsp3) is 0.125. The highest BCUT2D eigenvalue weighted by Crippen LogP contribution is 2.32. The van der Waals surface area contributed by atoms with E-state index in [9.17, 15) is 9.90 Å². The summed E-state index contributed by atoms with van der Waals surface area (Å²) in [5.41, 5.74) is 2.54. The molecule has 0 saturated carbocycles. The van der Waals surface area contributed by atoms with Gasteiger partial charge < -0.3 is 19.7 Å². The average Bonchev–Trinajstić information content (AvgIpc) is 2.89. The molecule has 0 aliphatic heterocycles. The van der Waals surface area contributed by atoms with Crippen molar-refractivity contribution in [2.45, 2.75) is 0 Å². The van der Waals surface area contributed by atoms with Crippen LogP contribution in [0.15, 0.2) is 36.4 Å². The Balaban J connectivity index is 2.12. The minimum atomic E-state index is -1.10. The third-order valence-corrected chi connectivity index (χ3v) is 3.82. The van der Waals surface area contributed by atoms with E-state index in [0.717, 1.165) is 5.69 Å². The Morgan fingerprint density at radius 2 is 2.13 bits per heavy atom. The number of methoxy groups -OCH3 is 1. The van der Waals surface area contributed by atoms with Crippen LogP contribution in [-0.4, -0.2) is 27.7 Å². The van der Waals surface area contributed by atoms with Gasteiger partial charge in [0.05, 0.1) is 23.3 Å². The Labute approximate surface area is 137 Å². The Hall–Kier alpha value is -2.73. The Bertz CT molecular complexity index is 905. The zero-order chi connectivity index (χ0) is 16.6. The normalized spacial score (nSPS) is 10.7. The third kappa shape index (κ3) is 2.68. The molecule has 0 radical (unpaired) electrons. The van der Waals surface area contributed by atoms with Gasteiger partial charge in [0.15, 0.2) is 0 Å². The molecule has 1 heterocycles. The Kier molecular flexibility index (Phi) is 3.83. The number of rotatable bonds is 4. The Morgan fingerprint density at radius 1 is 1.35 bits per heavy atom. The zero-order valence-electron chi connectivity index (χ0n) is 12.5. The number of nitrogens with zero attached hydrogens (tertiary/aromatic N) is 2. The molecule has 3 aromatic rings. The molecule has 7 heteroatoms. The van der Waals surface area contributed by atoms with Crippen LogP contribution in [0.2, 0.25) is 5.02 Å². The zero-order valence-corrected chi connectivity index (χ0v) is 13.3. The maximum atomic E-state index is 11.3. The van der Waals surface area contributed by atoms with Crippen molar-refractivity contribution in [3.63, 3.8) is 0 Å². The molecule has 0 spiro atoms. The molecule has 0 atom stereocenters. The van der Waals surface area contributed by atoms with Gasteiger partial charge in [-0.25, -0.2) is 9.78 Å². The summed E-state index contributed by atoms with van der Waals surface area (Å²) >= 11 is 6.20. The van der Waals surface area contributed by atoms with Crippen LogP contribution < -0.4 is 10.1 Å². The summed E-state index contributed by atoms with van der Waals surface area (Å²) in [6.45, 7) is 0. The predicted molar refractivity (Wildman–Crippen MR) is 89.0 cm³/mol. The largest absolute Gasteiger partial charge is 0.497 e. The molecule has 0 aliphatic carbocycles. The summed E-state index contributed by atoms with van der Waals surface area (Å²) in [5.74, 6) is -0.457. The number of ether oxygens (including phenoxy) is 1. The van der Waals surface area contributed by atoms with Crippen LogP contribution in [0.1, 0.15) is 10.6 Å². The molecule has 0 bridgehead atoms. The fourth-order valence-electron chi connectivity index (χ4n) is 2.42. The Morgan fingerprint density at radius 3 is 2.83 bits per heavy atom. The van der Waals surface area contributed by atoms with E-state index in [2.05, 4.69) is 10.3 Å². The highest BCUT2D eigenvalue weighted by Gasteiger charge is 2.18. The second-order valence-corrected chi connectivity index (χ2v) is 5.36. The maximum Gasteiger partial charge on any atom is 0.372 e. The number of carboxylic acids is 1. The van der Waals surface area contributed by atoms with Gasteiger partial charge >= 0.3 is 5.97 Å². The molecule has 0 aliphatic rings. The quantitative estimate of drug-likeness (QED) is 0.762. The number of nitrogens with one attached hydrogen (secondary N) is 1. The molecule has 0 amide bonds. The number of carboxylic acid groups (broad SMARTS) is 1. The van der Waals surface area contributed by atoms with E-state index < -0.39 is 5.97 Å². The van der Waals surface area contributed by atoms with Crippen LogP contribution in [0.25, 0.3) is 11.0 Å². The van der Waals surface area contributed by atoms with Gasteiger partial charge in [-0.1, -0.05) is 17.7 Å². The van der Waals surface area contributed by atoms with E-state index in [4.69, 9.17) is 16.3 Å². The molecule has 1 aromatic heterocycles. The molecule has 23 heavy (non-hydrogen) atoms. The summed E-state index contributed by atoms with van der Waals surface area (Å²) in [4.78, 5) is 15.5. The summed E-state index contributed by atoms with van der Waals surface area (Å²) < 4.78 is 6.66. The molecule has 2 N–H and O–H groups in total. The molecule has 2 aromatic carbocycles. The SMILES string of the molecule is COc1cccc(Nc2ccc(Cl)c3c2nc(C(=O)O)n3C)c1. The highest BCUT2D eigenvalue weighted by atomic mass is 35.5. The summed E-state index contributed by atoms with van der Waals surface area (Å²) in [5, 5.41) is 12.9. The van der Waals surface area contributed by atoms with Gasteiger partial charge in [-0.3, -0.25) is 0 Å². The number of imidazole rings is 1. The first kappa shape index (κ1) is 15.2. The standard InChI is InChI=1S/C16H14ClN3O3/c1-20-14-11(17)6-7-12(13(14)19-15(20)16(21)22)18-9-4-3-5-10(8-9)23-2/h3-8,18H,1-2H3,(H,21,22). The van der Waals surface area contributed by atoms with Crippen molar-refractivity contribution in [3.05, 3.63) is 47.2 Å². The topological polar surface area (TPSA) is 76.4 Å². The third-order valence-electron chi connectivity index (χ3n) is 3.51. The van der Waals surface area contributed by atoms with Crippen molar-refractivity contribution in [2.24, 2.45) is 7.05 Å². The van der Waals surface area contributed by atoms with Crippen molar-refractivity contribution in [1.29, 1.82) is 0 Å². The highest BCUT2D eigenvalue weighted by molar-refractivity contribution is 6.35. The lowest BCUT2D eigenvalue weighted by atomic mass is 10.2. The minimum Gasteiger partial charge on any atom is -0.497 e. The van der Waals surface area contributed by atoms with Crippen LogP contribution in [0, 0.1) is 0 Å². The number of fused-ring (bicyclic) bond motifs is 1. The summed E-state index contributed by atoms with van der Waals surface area (Å²) in [6.07, 6.45) is 0. The number of carbonyl (C=O) groups is 1. The molecule has 118 valence electrons. The predicted octanol–water partition coefficient (Wildman–Crippen LogP) is 3.68. The molecular weight excluding hydrogens is 318 g/mol. The van der Waals surface area contributed by atoms with Crippen LogP contribution in [0.4, 0.5) is 11.4 Å². The number of benzene rings is 2. The smallest absolute Gasteiger partial charge is 0.372 e. The lowest BCUT2D eigenvalue weighted by Crippen LogP contribution is -2.05. The van der Waals surface area contributed by atoms with Gasteiger partial charge in [0.25, 0.3) is 0 Å². The number of halogens is 1. The van der Waals surface area contributed by atoms with Gasteiger partial charge in [0.2, 0.25) is 5.82 Å². The van der Waals surface area contributed by atoms with Crippen LogP contribution in [-0.2, 0) is 7.05 Å². The van der Waals surface area contributed by atoms with E-state index in [1.807, 2.05) is 24.3 Å². The lowest BCUT2D eigenvalue weighted by molar-refractivity contribution is 0.0680. The van der Waals surface area contributed by atoms with Crippen molar-refractivity contribution in [1.82, 2.24) is 9.55 Å². The van der Waals surface area contributed by atoms with Crippen molar-refractivity contribution in [3.8, 4) is 5.75 Å². The van der Waals surface area contributed by atoms with Crippen molar-refractivity contribution < 1.29 is 14.6 Å². The number of hydrogen-bond acceptors (Lipinski definition) is 4. The van der Waals surface area contributed by atoms with E-state index in [1.54, 1.807) is 26.3 Å². The van der Waals surface area contributed by atoms with Gasteiger partial charge in [-0.05, 0) is 24.3 Å². The van der Waals surface area contributed by atoms with Crippen molar-refractivity contribution in [2.75, 3.05) is 12.4 Å². The molecule has 6 nitrogen and oxygen atoms in total. The first-order valence-electron chi connectivity index (χ1n) is 6.80. The molecule has 0 fully saturated rings. The van der Waals surface area contributed by atoms with Gasteiger partial charge in [0.1, 0.15) is 11.3 Å². The fourth-order valence-corrected chi connectivity index (χ4v) is 2.70. The average molecular weight is 332 g/mol. The number of hydrogen-bond donors (Lipinski definition) is 2. The molecular formula is C16H14ClN3O3. The number of aromatic carboxylic acids is 1. The van der Waals surface area contributed by atoms with Crippen molar-refractivity contribution >= 4 is 40.0 Å². The number of aryl methyl sites for hydroxylation is 1. The van der Waals surface area contributed by atoms with E-state index >= 15 is 0 Å². The van der Waals surface area contributed by atoms with Gasteiger partial charge in [-0.15, -0.1) is 0 Å². The molecule has 0 saturated heterocycles. The van der Waals surface area contributed by atoms with Crippen LogP contribution in [0.3, 0.4) is 0 Å². The second-order valence-electron chi connectivity index (χ2n) is 4.95. The van der Waals surface area contributed by atoms with E-state index in [1.165, 1.54) is 4.57 Å². The number of anilines is 2. The monoisotopic (exact) mass is 331 g/mol. The summed E-state index contributed by atoms with van der Waals surface area (Å²) in [6, 6.07) is 10.9. The first-order valence-corrected chi connectivity index (χ1v) is 7.18. The molecule has 3 rings (SSSR count). The van der Waals surface area contributed by atoms with Crippen LogP contribution >= 0.6 is 11.6 Å². The van der Waals surface area contributed by atoms with Crippen LogP contribution in [0.5, 0.6) is 5.75 Å².